The fourth-order valence-corrected chi connectivity index (χ4v) is 4.93. The first-order chi connectivity index (χ1) is 18.9. The highest BCUT2D eigenvalue weighted by atomic mass is 35.5. The van der Waals surface area contributed by atoms with Gasteiger partial charge in [-0.25, -0.2) is 0 Å². The smallest absolute Gasteiger partial charge is 0.260 e. The Bertz CT molecular complexity index is 1320. The van der Waals surface area contributed by atoms with Crippen molar-refractivity contribution in [3.05, 3.63) is 106 Å². The average Bonchev–Trinajstić information content (AvgIpc) is 3.09. The summed E-state index contributed by atoms with van der Waals surface area (Å²) in [5.41, 5.74) is 2.88. The van der Waals surface area contributed by atoms with E-state index in [1.165, 1.54) is 0 Å². The van der Waals surface area contributed by atoms with Gasteiger partial charge in [-0.3, -0.25) is 14.5 Å². The Morgan fingerprint density at radius 1 is 1.08 bits per heavy atom. The van der Waals surface area contributed by atoms with Crippen LogP contribution in [-0.4, -0.2) is 44.8 Å². The fraction of sp³-hybridized carbons (Fsp3) is 0.267. The second-order valence-corrected chi connectivity index (χ2v) is 9.85. The summed E-state index contributed by atoms with van der Waals surface area (Å²) in [5, 5.41) is 6.98. The van der Waals surface area contributed by atoms with Gasteiger partial charge in [-0.1, -0.05) is 41.4 Å². The fourth-order valence-electron chi connectivity index (χ4n) is 4.53. The number of methoxy groups -OCH3 is 1. The van der Waals surface area contributed by atoms with Crippen molar-refractivity contribution in [1.29, 1.82) is 0 Å². The zero-order valence-electron chi connectivity index (χ0n) is 21.7. The summed E-state index contributed by atoms with van der Waals surface area (Å²) < 4.78 is 12.0. The molecule has 0 aromatic heterocycles. The summed E-state index contributed by atoms with van der Waals surface area (Å²) in [6.07, 6.45) is 2.29. The minimum atomic E-state index is -0.496. The van der Waals surface area contributed by atoms with Crippen LogP contribution in [0.25, 0.3) is 0 Å². The number of fused-ring (bicyclic) bond motifs is 1. The van der Waals surface area contributed by atoms with Crippen molar-refractivity contribution < 1.29 is 19.1 Å². The predicted molar refractivity (Wildman–Crippen MR) is 156 cm³/mol. The second kappa shape index (κ2) is 13.7. The molecule has 3 aromatic rings. The molecular weight excluding hydrogens is 537 g/mol. The van der Waals surface area contributed by atoms with E-state index >= 15 is 0 Å². The topological polar surface area (TPSA) is 79.9 Å². The first kappa shape index (κ1) is 28.8. The highest BCUT2D eigenvalue weighted by Crippen LogP contribution is 2.40. The Balaban J connectivity index is 1.56. The van der Waals surface area contributed by atoms with E-state index in [-0.39, 0.29) is 17.9 Å². The van der Waals surface area contributed by atoms with Gasteiger partial charge in [0.15, 0.2) is 0 Å². The molecule has 1 heterocycles. The number of carbonyl (C=O) groups excluding carboxylic acids is 2. The van der Waals surface area contributed by atoms with E-state index < -0.39 is 6.23 Å². The van der Waals surface area contributed by atoms with Crippen molar-refractivity contribution >= 4 is 46.4 Å². The van der Waals surface area contributed by atoms with Crippen molar-refractivity contribution in [2.75, 3.05) is 37.0 Å². The first-order valence-electron chi connectivity index (χ1n) is 12.7. The Labute approximate surface area is 238 Å². The van der Waals surface area contributed by atoms with Crippen molar-refractivity contribution in [3.8, 4) is 0 Å². The first-order valence-corrected chi connectivity index (χ1v) is 13.4. The van der Waals surface area contributed by atoms with Gasteiger partial charge >= 0.3 is 0 Å². The molecule has 1 aliphatic heterocycles. The molecule has 0 saturated heterocycles. The summed E-state index contributed by atoms with van der Waals surface area (Å²) in [6.45, 7) is 5.58. The van der Waals surface area contributed by atoms with Gasteiger partial charge in [-0.2, -0.15) is 0 Å². The number of hydrogen-bond donors (Lipinski definition) is 2. The molecule has 7 nitrogen and oxygen atoms in total. The number of nitrogens with zero attached hydrogens (tertiary/aromatic N) is 1. The number of hydrogen-bond acceptors (Lipinski definition) is 5. The van der Waals surface area contributed by atoms with E-state index in [2.05, 4.69) is 17.2 Å². The molecule has 4 rings (SSSR count). The van der Waals surface area contributed by atoms with Crippen molar-refractivity contribution in [2.45, 2.75) is 25.2 Å². The van der Waals surface area contributed by atoms with E-state index in [9.17, 15) is 9.59 Å². The molecule has 2 unspecified atom stereocenters. The van der Waals surface area contributed by atoms with Crippen molar-refractivity contribution in [2.24, 2.45) is 0 Å². The lowest BCUT2D eigenvalue weighted by Gasteiger charge is -2.30. The van der Waals surface area contributed by atoms with E-state index in [1.54, 1.807) is 72.7 Å². The minimum absolute atomic E-state index is 0.234. The Kier molecular flexibility index (Phi) is 10.1. The number of nitrogens with one attached hydrogen (secondary N) is 2. The lowest BCUT2D eigenvalue weighted by Crippen LogP contribution is -2.41. The van der Waals surface area contributed by atoms with Gasteiger partial charge in [-0.05, 0) is 67.4 Å². The third-order valence-electron chi connectivity index (χ3n) is 6.45. The van der Waals surface area contributed by atoms with Crippen LogP contribution in [0.1, 0.15) is 45.2 Å². The molecule has 0 aliphatic carbocycles. The monoisotopic (exact) mass is 567 g/mol. The van der Waals surface area contributed by atoms with E-state index in [1.807, 2.05) is 12.1 Å². The second-order valence-electron chi connectivity index (χ2n) is 9.01. The molecule has 9 heteroatoms. The Morgan fingerprint density at radius 3 is 2.56 bits per heavy atom. The van der Waals surface area contributed by atoms with Gasteiger partial charge in [0.25, 0.3) is 11.8 Å². The predicted octanol–water partition coefficient (Wildman–Crippen LogP) is 6.49. The quantitative estimate of drug-likeness (QED) is 0.216. The number of halogens is 2. The zero-order chi connectivity index (χ0) is 27.8. The normalized spacial score (nSPS) is 16.7. The standard InChI is InChI=1S/C30H31Cl2N3O4/c1-3-16-33-17-18-39-27-14-15-28(38-2)35(26-13-10-21(31)19-24(26)27)30(37)20-8-11-22(12-9-20)34-29(36)23-6-4-5-7-25(23)32/h3-13,19,27-28,33H,1,14-18H2,2H3,(H,34,36). The van der Waals surface area contributed by atoms with Crippen molar-refractivity contribution in [3.63, 3.8) is 0 Å². The van der Waals surface area contributed by atoms with Crippen LogP contribution in [0.15, 0.2) is 79.4 Å². The maximum atomic E-state index is 13.9. The van der Waals surface area contributed by atoms with Gasteiger partial charge in [0.05, 0.1) is 29.0 Å². The summed E-state index contributed by atoms with van der Waals surface area (Å²) in [7, 11) is 1.59. The molecule has 3 aromatic carbocycles. The molecule has 2 amide bonds. The van der Waals surface area contributed by atoms with Crippen LogP contribution < -0.4 is 15.5 Å². The number of carbonyl (C=O) groups is 2. The lowest BCUT2D eigenvalue weighted by molar-refractivity contribution is 0.0325. The van der Waals surface area contributed by atoms with Crippen LogP contribution >= 0.6 is 23.2 Å². The van der Waals surface area contributed by atoms with Crippen molar-refractivity contribution in [1.82, 2.24) is 5.32 Å². The molecule has 2 atom stereocenters. The van der Waals surface area contributed by atoms with Gasteiger partial charge in [0.2, 0.25) is 0 Å². The molecule has 0 radical (unpaired) electrons. The molecule has 1 aliphatic rings. The SMILES string of the molecule is C=CCNCCOC1CCC(OC)N(C(=O)c2ccc(NC(=O)c3ccccc3Cl)cc2)c2ccc(Cl)cc21. The van der Waals surface area contributed by atoms with Crippen LogP contribution in [0.5, 0.6) is 0 Å². The molecule has 2 N–H and O–H groups in total. The number of anilines is 2. The number of benzene rings is 3. The van der Waals surface area contributed by atoms with Gasteiger partial charge in [0, 0.05) is 42.0 Å². The molecule has 0 fully saturated rings. The highest BCUT2D eigenvalue weighted by Gasteiger charge is 2.34. The highest BCUT2D eigenvalue weighted by molar-refractivity contribution is 6.34. The maximum Gasteiger partial charge on any atom is 0.260 e. The number of rotatable bonds is 10. The maximum absolute atomic E-state index is 13.9. The molecule has 0 spiro atoms. The Morgan fingerprint density at radius 2 is 1.85 bits per heavy atom. The summed E-state index contributed by atoms with van der Waals surface area (Å²) in [6, 6.07) is 19.0. The van der Waals surface area contributed by atoms with Gasteiger partial charge < -0.3 is 20.1 Å². The number of amides is 2. The third-order valence-corrected chi connectivity index (χ3v) is 7.01. The van der Waals surface area contributed by atoms with Gasteiger partial charge in [-0.15, -0.1) is 6.58 Å². The van der Waals surface area contributed by atoms with Crippen LogP contribution in [0, 0.1) is 0 Å². The van der Waals surface area contributed by atoms with Crippen LogP contribution in [0.2, 0.25) is 10.0 Å². The van der Waals surface area contributed by atoms with Crippen LogP contribution in [0.4, 0.5) is 11.4 Å². The van der Waals surface area contributed by atoms with Gasteiger partial charge in [0.1, 0.15) is 6.23 Å². The largest absolute Gasteiger partial charge is 0.372 e. The summed E-state index contributed by atoms with van der Waals surface area (Å²) in [4.78, 5) is 28.1. The van der Waals surface area contributed by atoms with E-state index in [4.69, 9.17) is 32.7 Å². The Hall–Kier alpha value is -3.20. The molecular formula is C30H31Cl2N3O4. The number of ether oxygens (including phenoxy) is 2. The molecule has 204 valence electrons. The third kappa shape index (κ3) is 7.06. The molecule has 39 heavy (non-hydrogen) atoms. The molecule has 0 bridgehead atoms. The average molecular weight is 569 g/mol. The van der Waals surface area contributed by atoms with Crippen LogP contribution in [0.3, 0.4) is 0 Å². The minimum Gasteiger partial charge on any atom is -0.372 e. The van der Waals surface area contributed by atoms with Crippen LogP contribution in [-0.2, 0) is 9.47 Å². The van der Waals surface area contributed by atoms with E-state index in [0.29, 0.717) is 65.1 Å². The summed E-state index contributed by atoms with van der Waals surface area (Å²) >= 11 is 12.5. The van der Waals surface area contributed by atoms with E-state index in [0.717, 1.165) is 5.56 Å². The molecule has 0 saturated carbocycles. The zero-order valence-corrected chi connectivity index (χ0v) is 23.2. The lowest BCUT2D eigenvalue weighted by atomic mass is 10.0. The summed E-state index contributed by atoms with van der Waals surface area (Å²) in [5.74, 6) is -0.564.